The molecule has 0 aliphatic carbocycles. The molecule has 0 radical (unpaired) electrons. The van der Waals surface area contributed by atoms with Gasteiger partial charge in [0.2, 0.25) is 0 Å². The van der Waals surface area contributed by atoms with Gasteiger partial charge in [0.25, 0.3) is 21.1 Å². The molecule has 0 aromatic carbocycles. The Hall–Kier alpha value is 0.970. The van der Waals surface area contributed by atoms with E-state index >= 15 is 0 Å². The number of rotatable bonds is 1. The van der Waals surface area contributed by atoms with Gasteiger partial charge in [-0.15, -0.1) is 0 Å². The van der Waals surface area contributed by atoms with Gasteiger partial charge in [0, 0.05) is 0 Å². The van der Waals surface area contributed by atoms with Crippen molar-refractivity contribution in [1.82, 2.24) is 0 Å². The first-order chi connectivity index (χ1) is 13.2. The number of hydrogen-bond acceptors (Lipinski definition) is 15. The number of aldehydes is 2. The van der Waals surface area contributed by atoms with Gasteiger partial charge < -0.3 is 35.6 Å². The Morgan fingerprint density at radius 3 is 1.03 bits per heavy atom. The summed E-state index contributed by atoms with van der Waals surface area (Å²) >= 11 is -14.0. The van der Waals surface area contributed by atoms with E-state index in [0.29, 0.717) is 0 Å². The van der Waals surface area contributed by atoms with E-state index in [0.717, 1.165) is 12.6 Å². The smallest absolute Gasteiger partial charge is 0.282 e. The van der Waals surface area contributed by atoms with E-state index in [1.165, 1.54) is 13.8 Å². The molecule has 0 amide bonds. The van der Waals surface area contributed by atoms with Gasteiger partial charge in [-0.1, -0.05) is 0 Å². The van der Waals surface area contributed by atoms with Crippen LogP contribution in [-0.2, 0) is 15.7 Å². The van der Waals surface area contributed by atoms with Gasteiger partial charge in [0.15, 0.2) is 0 Å². The Labute approximate surface area is 200 Å². The third-order valence-corrected chi connectivity index (χ3v) is 4.80. The maximum atomic E-state index is 8.83. The molecule has 16 nitrogen and oxygen atoms in total. The molecule has 0 spiro atoms. The topological polar surface area (TPSA) is 326 Å². The molecule has 0 bridgehead atoms. The molecule has 19 heteroatoms. The predicted molar refractivity (Wildman–Crippen MR) is 76.0 cm³/mol. The predicted octanol–water partition coefficient (Wildman–Crippen LogP) is -18.4. The molecule has 31 heavy (non-hydrogen) atoms. The van der Waals surface area contributed by atoms with Crippen molar-refractivity contribution < 1.29 is 124 Å². The molecule has 6 N–H and O–H groups in total. The zero-order valence-corrected chi connectivity index (χ0v) is 23.9. The molecule has 1 aliphatic rings. The average Bonchev–Trinajstić information content (AvgIpc) is 2.69. The number of hydrogen-bond donors (Lipinski definition) is 4. The fraction of sp³-hybridized carbons (Fsp3) is 0.833. The standard InChI is InChI=1S/C4H10IO4.C4H10O2.2C2H4O.IO4.IO3.H2O/c1-3-4(2)9-5(6,7)8-3;1-3(5)4(2)6;2*1-2-3;2-1(3,4)5;2-1(3)4;/h3-4,6-7H,1-2H3;3-6H,1-2H3;2*2H,1H3;;;1H2/q-1;;;;2*-1;. The van der Waals surface area contributed by atoms with Gasteiger partial charge in [-0.25, -0.2) is 0 Å². The van der Waals surface area contributed by atoms with Gasteiger partial charge >= 0.3 is 59.2 Å². The van der Waals surface area contributed by atoms with Crippen molar-refractivity contribution in [3.63, 3.8) is 0 Å². The fourth-order valence-electron chi connectivity index (χ4n) is 0.532. The molecule has 4 unspecified atom stereocenters. The molecule has 1 rings (SSSR count). The van der Waals surface area contributed by atoms with Gasteiger partial charge in [-0.2, -0.15) is 0 Å². The second kappa shape index (κ2) is 27.2. The minimum Gasteiger partial charge on any atom is -0.427 e. The molecule has 0 saturated carbocycles. The SMILES string of the molecule is CC(O)C(C)O.CC1O[I-](O)(O)OC1C.CC=O.CC=O.O.[O-][I+2]([O-])[O-].[O-][I+3]([O-])([O-])[O-]. The van der Waals surface area contributed by atoms with Crippen molar-refractivity contribution in [3.8, 4) is 0 Å². The second-order valence-electron chi connectivity index (χ2n) is 4.52. The number of aliphatic hydroxyl groups is 2. The summed E-state index contributed by atoms with van der Waals surface area (Å²) in [5.41, 5.74) is 0. The van der Waals surface area contributed by atoms with Gasteiger partial charge in [-0.05, 0) is 27.7 Å². The van der Waals surface area contributed by atoms with E-state index in [2.05, 4.69) is 0 Å². The van der Waals surface area contributed by atoms with E-state index in [1.54, 1.807) is 27.7 Å². The van der Waals surface area contributed by atoms with Crippen molar-refractivity contribution in [2.45, 2.75) is 66.0 Å². The van der Waals surface area contributed by atoms with Gasteiger partial charge in [0.1, 0.15) is 32.7 Å². The quantitative estimate of drug-likeness (QED) is 0.141. The number of aliphatic hydroxyl groups excluding tert-OH is 2. The Morgan fingerprint density at radius 1 is 0.871 bits per heavy atom. The molecule has 198 valence electrons. The zero-order chi connectivity index (χ0) is 25.7. The third-order valence-electron chi connectivity index (χ3n) is 1.87. The first kappa shape index (κ1) is 45.5. The Kier molecular flexibility index (Phi) is 39.9. The van der Waals surface area contributed by atoms with Crippen LogP contribution < -0.4 is 85.3 Å². The maximum absolute atomic E-state index is 8.83. The molecular formula is C12H30I3O16-3. The van der Waals surface area contributed by atoms with Crippen molar-refractivity contribution in [3.05, 3.63) is 0 Å². The minimum absolute atomic E-state index is 0. The van der Waals surface area contributed by atoms with Gasteiger partial charge in [0.05, 0.1) is 12.2 Å². The van der Waals surface area contributed by atoms with E-state index in [4.69, 9.17) is 56.9 Å². The van der Waals surface area contributed by atoms with Crippen LogP contribution in [0.4, 0.5) is 0 Å². The Balaban J connectivity index is -0.0000000636. The fourth-order valence-corrected chi connectivity index (χ4v) is 3.57. The summed E-state index contributed by atoms with van der Waals surface area (Å²) in [6, 6.07) is 0. The van der Waals surface area contributed by atoms with Crippen LogP contribution in [0.1, 0.15) is 41.5 Å². The monoisotopic (exact) mass is 811 g/mol. The van der Waals surface area contributed by atoms with E-state index in [1.807, 2.05) is 0 Å². The van der Waals surface area contributed by atoms with E-state index in [-0.39, 0.29) is 17.7 Å². The number of carbonyl (C=O) groups is 2. The summed E-state index contributed by atoms with van der Waals surface area (Å²) in [4.78, 5) is 17.6. The summed E-state index contributed by atoms with van der Waals surface area (Å²) in [7, 11) is 0. The van der Waals surface area contributed by atoms with Crippen molar-refractivity contribution in [2.75, 3.05) is 0 Å². The van der Waals surface area contributed by atoms with Crippen molar-refractivity contribution >= 4 is 12.6 Å². The van der Waals surface area contributed by atoms with Crippen LogP contribution in [0.3, 0.4) is 0 Å². The zero-order valence-electron chi connectivity index (χ0n) is 17.4. The Bertz CT molecular complexity index is 345. The van der Waals surface area contributed by atoms with E-state index in [9.17, 15) is 0 Å². The molecule has 1 fully saturated rings. The summed E-state index contributed by atoms with van der Waals surface area (Å²) in [5, 5.41) is 16.8. The molecule has 0 aromatic heterocycles. The first-order valence-corrected chi connectivity index (χ1v) is 17.2. The largest absolute Gasteiger partial charge is 0.427 e. The summed E-state index contributed by atoms with van der Waals surface area (Å²) < 4.78 is 87.3. The normalized spacial score (nSPS) is 20.8. The summed E-state index contributed by atoms with van der Waals surface area (Å²) in [5.74, 6) is 0. The average molecular weight is 811 g/mol. The molecule has 1 aliphatic heterocycles. The molecule has 0 aromatic rings. The third kappa shape index (κ3) is 72.2. The van der Waals surface area contributed by atoms with Crippen LogP contribution in [0.15, 0.2) is 0 Å². The number of carbonyl (C=O) groups excluding carboxylic acids is 2. The Morgan fingerprint density at radius 2 is 1.00 bits per heavy atom. The van der Waals surface area contributed by atoms with Crippen LogP contribution in [0.5, 0.6) is 0 Å². The van der Waals surface area contributed by atoms with Gasteiger partial charge in [-0.3, -0.25) is 13.7 Å². The van der Waals surface area contributed by atoms with Crippen LogP contribution in [0.2, 0.25) is 0 Å². The minimum atomic E-state index is -5.94. The first-order valence-electron chi connectivity index (χ1n) is 7.32. The summed E-state index contributed by atoms with van der Waals surface area (Å²) in [6.45, 7) is 9.49. The van der Waals surface area contributed by atoms with Crippen LogP contribution >= 0.6 is 0 Å². The van der Waals surface area contributed by atoms with Crippen molar-refractivity contribution in [1.29, 1.82) is 0 Å². The molecule has 1 saturated heterocycles. The van der Waals surface area contributed by atoms with Crippen LogP contribution in [0, 0.1) is 0 Å². The summed E-state index contributed by atoms with van der Waals surface area (Å²) in [6.07, 6.45) is -0.0530. The molecular weight excluding hydrogens is 781 g/mol. The number of halogens is 3. The second-order valence-corrected chi connectivity index (χ2v) is 11.1. The van der Waals surface area contributed by atoms with Crippen molar-refractivity contribution in [2.24, 2.45) is 0 Å². The van der Waals surface area contributed by atoms with E-state index < -0.39 is 73.5 Å². The van der Waals surface area contributed by atoms with Crippen LogP contribution in [0.25, 0.3) is 0 Å². The maximum Gasteiger partial charge on any atom is 0.282 e. The molecule has 4 atom stereocenters. The van der Waals surface area contributed by atoms with Crippen LogP contribution in [-0.4, -0.2) is 59.5 Å². The molecule has 1 heterocycles.